The third kappa shape index (κ3) is 6.33. The first-order chi connectivity index (χ1) is 19.9. The first-order valence-electron chi connectivity index (χ1n) is 13.4. The normalized spacial score (nSPS) is 13.0. The Morgan fingerprint density at radius 1 is 0.974 bits per heavy atom. The number of carbonyl (C=O) groups is 3. The molecule has 1 N–H and O–H groups in total. The van der Waals surface area contributed by atoms with Gasteiger partial charge in [0.25, 0.3) is 5.56 Å². The number of hydrogen-bond acceptors (Lipinski definition) is 5. The average molecular weight is 547 g/mol. The summed E-state index contributed by atoms with van der Waals surface area (Å²) in [5.74, 6) is -2.39. The van der Waals surface area contributed by atoms with Crippen molar-refractivity contribution in [2.75, 3.05) is 7.11 Å². The third-order valence-electron chi connectivity index (χ3n) is 6.34. The molecular weight excluding hydrogens is 518 g/mol. The molecule has 0 aliphatic carbocycles. The Kier molecular flexibility index (Phi) is 7.22. The first kappa shape index (κ1) is 23.6. The van der Waals surface area contributed by atoms with E-state index < -0.39 is 30.2 Å². The molecular formula is C31H26ClNO6. The molecule has 8 heteroatoms. The number of rotatable bonds is 10. The van der Waals surface area contributed by atoms with E-state index in [9.17, 15) is 24.3 Å². The molecule has 7 nitrogen and oxygen atoms in total. The van der Waals surface area contributed by atoms with Crippen LogP contribution in [0.5, 0.6) is 5.75 Å². The molecule has 4 aromatic rings. The molecule has 0 saturated carbocycles. The van der Waals surface area contributed by atoms with Crippen molar-refractivity contribution in [3.05, 3.63) is 123 Å². The van der Waals surface area contributed by atoms with Gasteiger partial charge in [-0.15, -0.1) is 0 Å². The number of carboxylic acid groups (broad SMARTS) is 1. The lowest BCUT2D eigenvalue weighted by molar-refractivity contribution is -0.121. The highest BCUT2D eigenvalue weighted by molar-refractivity contribution is 6.31. The molecule has 0 radical (unpaired) electrons. The number of pyridine rings is 1. The second kappa shape index (κ2) is 11.9. The SMILES string of the molecule is [2H]C([2H])([2H])C(=O)c1ccc(Cl)cc1-c1cc(=O)n(C(Cc2ccccc2)C(=O)Cc2ccc(C(=O)O)cc2)cc1OC. The minimum atomic E-state index is -2.93. The van der Waals surface area contributed by atoms with Gasteiger partial charge >= 0.3 is 5.97 Å². The molecule has 0 amide bonds. The minimum Gasteiger partial charge on any atom is -0.495 e. The number of methoxy groups -OCH3 is 1. The van der Waals surface area contributed by atoms with Crippen LogP contribution >= 0.6 is 11.6 Å². The summed E-state index contributed by atoms with van der Waals surface area (Å²) in [6.07, 6.45) is 1.47. The molecule has 0 spiro atoms. The zero-order valence-electron chi connectivity index (χ0n) is 23.9. The van der Waals surface area contributed by atoms with Gasteiger partial charge in [0.1, 0.15) is 5.75 Å². The van der Waals surface area contributed by atoms with E-state index in [2.05, 4.69) is 0 Å². The molecule has 3 aromatic carbocycles. The number of nitrogens with zero attached hydrogens (tertiary/aromatic N) is 1. The molecule has 1 atom stereocenters. The van der Waals surface area contributed by atoms with Crippen molar-refractivity contribution in [2.45, 2.75) is 25.7 Å². The molecule has 0 aliphatic heterocycles. The van der Waals surface area contributed by atoms with Crippen molar-refractivity contribution in [3.63, 3.8) is 0 Å². The van der Waals surface area contributed by atoms with Crippen LogP contribution in [0.2, 0.25) is 5.02 Å². The monoisotopic (exact) mass is 546 g/mol. The maximum Gasteiger partial charge on any atom is 0.335 e. The summed E-state index contributed by atoms with van der Waals surface area (Å²) in [5, 5.41) is 9.39. The molecule has 0 saturated heterocycles. The van der Waals surface area contributed by atoms with Gasteiger partial charge in [-0.25, -0.2) is 4.79 Å². The fourth-order valence-corrected chi connectivity index (χ4v) is 4.54. The van der Waals surface area contributed by atoms with Crippen molar-refractivity contribution in [3.8, 4) is 16.9 Å². The summed E-state index contributed by atoms with van der Waals surface area (Å²) in [7, 11) is 1.35. The third-order valence-corrected chi connectivity index (χ3v) is 6.57. The van der Waals surface area contributed by atoms with Crippen molar-refractivity contribution in [1.82, 2.24) is 4.57 Å². The first-order valence-corrected chi connectivity index (χ1v) is 12.3. The minimum absolute atomic E-state index is 0.0700. The Balaban J connectivity index is 1.81. The van der Waals surface area contributed by atoms with E-state index in [1.54, 1.807) is 12.1 Å². The highest BCUT2D eigenvalue weighted by Gasteiger charge is 2.25. The molecule has 0 bridgehead atoms. The molecule has 0 aliphatic rings. The smallest absolute Gasteiger partial charge is 0.335 e. The lowest BCUT2D eigenvalue weighted by atomic mass is 9.95. The van der Waals surface area contributed by atoms with Gasteiger partial charge in [0.05, 0.1) is 24.9 Å². The van der Waals surface area contributed by atoms with E-state index in [4.69, 9.17) is 20.5 Å². The summed E-state index contributed by atoms with van der Waals surface area (Å²) in [4.78, 5) is 51.3. The zero-order valence-corrected chi connectivity index (χ0v) is 21.6. The summed E-state index contributed by atoms with van der Waals surface area (Å²) >= 11 is 6.19. The number of hydrogen-bond donors (Lipinski definition) is 1. The van der Waals surface area contributed by atoms with Crippen LogP contribution in [-0.2, 0) is 17.6 Å². The number of carboxylic acids is 1. The Bertz CT molecular complexity index is 1700. The van der Waals surface area contributed by atoms with Crippen LogP contribution in [0, 0.1) is 0 Å². The molecule has 198 valence electrons. The fraction of sp³-hybridized carbons (Fsp3) is 0.161. The van der Waals surface area contributed by atoms with Gasteiger partial charge in [-0.1, -0.05) is 54.1 Å². The van der Waals surface area contributed by atoms with Gasteiger partial charge in [0.2, 0.25) is 0 Å². The Hall–Kier alpha value is -4.49. The fourth-order valence-electron chi connectivity index (χ4n) is 4.37. The summed E-state index contributed by atoms with van der Waals surface area (Å²) in [6, 6.07) is 19.3. The van der Waals surface area contributed by atoms with Crippen molar-refractivity contribution >= 4 is 29.1 Å². The summed E-state index contributed by atoms with van der Waals surface area (Å²) < 4.78 is 29.6. The maximum absolute atomic E-state index is 13.7. The highest BCUT2D eigenvalue weighted by Crippen LogP contribution is 2.34. The van der Waals surface area contributed by atoms with Crippen LogP contribution in [0.1, 0.15) is 48.8 Å². The van der Waals surface area contributed by atoms with Crippen molar-refractivity contribution in [1.29, 1.82) is 0 Å². The second-order valence-corrected chi connectivity index (χ2v) is 9.31. The van der Waals surface area contributed by atoms with Gasteiger partial charge < -0.3 is 14.4 Å². The average Bonchev–Trinajstić information content (AvgIpc) is 2.96. The second-order valence-electron chi connectivity index (χ2n) is 8.87. The number of Topliss-reactive ketones (excluding diaryl/α,β-unsaturated/α-hetero) is 2. The van der Waals surface area contributed by atoms with E-state index in [-0.39, 0.29) is 51.7 Å². The number of ketones is 2. The van der Waals surface area contributed by atoms with Crippen LogP contribution in [0.4, 0.5) is 0 Å². The maximum atomic E-state index is 13.7. The van der Waals surface area contributed by atoms with Crippen LogP contribution in [0.25, 0.3) is 11.1 Å². The highest BCUT2D eigenvalue weighted by atomic mass is 35.5. The van der Waals surface area contributed by atoms with E-state index in [0.29, 0.717) is 5.56 Å². The molecule has 39 heavy (non-hydrogen) atoms. The number of aromatic carboxylic acids is 1. The number of halogens is 1. The molecule has 4 rings (SSSR count). The zero-order chi connectivity index (χ0) is 30.6. The van der Waals surface area contributed by atoms with Crippen molar-refractivity contribution < 1.29 is 28.3 Å². The number of carbonyl (C=O) groups excluding carboxylic acids is 2. The largest absolute Gasteiger partial charge is 0.495 e. The van der Waals surface area contributed by atoms with Crippen LogP contribution < -0.4 is 10.3 Å². The Morgan fingerprint density at radius 2 is 1.69 bits per heavy atom. The van der Waals surface area contributed by atoms with Crippen LogP contribution in [-0.4, -0.2) is 34.3 Å². The number of ether oxygens (including phenoxy) is 1. The number of aromatic nitrogens is 1. The molecule has 1 unspecified atom stereocenters. The molecule has 1 heterocycles. The lowest BCUT2D eigenvalue weighted by Crippen LogP contribution is -2.32. The standard InChI is InChI=1S/C31H26ClNO6/c1-19(34)24-13-12-23(32)16-25(24)26-17-30(36)33(18-29(26)39-2)27(14-20-6-4-3-5-7-20)28(35)15-21-8-10-22(11-9-21)31(37)38/h3-13,16-18,27H,14-15H2,1-2H3,(H,37,38)/i1D3. The van der Waals surface area contributed by atoms with E-state index >= 15 is 0 Å². The van der Waals surface area contributed by atoms with Gasteiger partial charge in [0, 0.05) is 39.2 Å². The van der Waals surface area contributed by atoms with Gasteiger partial charge in [0.15, 0.2) is 11.6 Å². The topological polar surface area (TPSA) is 103 Å². The lowest BCUT2D eigenvalue weighted by Gasteiger charge is -2.21. The predicted octanol–water partition coefficient (Wildman–Crippen LogP) is 5.67. The molecule has 0 fully saturated rings. The molecule has 1 aromatic heterocycles. The predicted molar refractivity (Wildman–Crippen MR) is 149 cm³/mol. The van der Waals surface area contributed by atoms with Gasteiger partial charge in [-0.2, -0.15) is 0 Å². The van der Waals surface area contributed by atoms with Crippen LogP contribution in [0.15, 0.2) is 89.9 Å². The quantitative estimate of drug-likeness (QED) is 0.257. The van der Waals surface area contributed by atoms with E-state index in [0.717, 1.165) is 5.56 Å². The van der Waals surface area contributed by atoms with E-state index in [1.807, 2.05) is 30.3 Å². The number of benzene rings is 3. The summed E-state index contributed by atoms with van der Waals surface area (Å²) in [5.41, 5.74) is 0.961. The van der Waals surface area contributed by atoms with Gasteiger partial charge in [-0.05, 0) is 53.9 Å². The van der Waals surface area contributed by atoms with Crippen molar-refractivity contribution in [2.24, 2.45) is 0 Å². The summed E-state index contributed by atoms with van der Waals surface area (Å²) in [6.45, 7) is -2.93. The Labute approximate surface area is 234 Å². The van der Waals surface area contributed by atoms with Gasteiger partial charge in [-0.3, -0.25) is 14.4 Å². The van der Waals surface area contributed by atoms with E-state index in [1.165, 1.54) is 54.3 Å². The van der Waals surface area contributed by atoms with Crippen LogP contribution in [0.3, 0.4) is 0 Å². The Morgan fingerprint density at radius 3 is 2.33 bits per heavy atom.